The molecule has 0 saturated heterocycles. The van der Waals surface area contributed by atoms with Crippen LogP contribution in [-0.4, -0.2) is 51.1 Å². The average molecular weight is 582 g/mol. The fourth-order valence-corrected chi connectivity index (χ4v) is 5.09. The van der Waals surface area contributed by atoms with Crippen molar-refractivity contribution in [2.24, 2.45) is 0 Å². The molecule has 0 aliphatic carbocycles. The summed E-state index contributed by atoms with van der Waals surface area (Å²) < 4.78 is 5.54. The van der Waals surface area contributed by atoms with Crippen LogP contribution in [0.4, 0.5) is 4.79 Å². The smallest absolute Gasteiger partial charge is 0.408 e. The van der Waals surface area contributed by atoms with Crippen molar-refractivity contribution < 1.29 is 24.2 Å². The van der Waals surface area contributed by atoms with Gasteiger partial charge in [-0.05, 0) is 103 Å². The second-order valence-corrected chi connectivity index (χ2v) is 12.8. The molecule has 0 fully saturated rings. The van der Waals surface area contributed by atoms with Gasteiger partial charge in [-0.25, -0.2) is 4.79 Å². The van der Waals surface area contributed by atoms with Crippen LogP contribution in [0.3, 0.4) is 0 Å². The first kappa shape index (κ1) is 34.7. The topological polar surface area (TPSA) is 108 Å². The molecule has 232 valence electrons. The quantitative estimate of drug-likeness (QED) is 0.265. The first-order chi connectivity index (χ1) is 19.5. The molecule has 3 N–H and O–H groups in total. The van der Waals surface area contributed by atoms with Crippen LogP contribution >= 0.6 is 0 Å². The van der Waals surface area contributed by atoms with Gasteiger partial charge in [-0.1, -0.05) is 50.6 Å². The maximum atomic E-state index is 14.8. The van der Waals surface area contributed by atoms with Crippen molar-refractivity contribution in [2.75, 3.05) is 0 Å². The molecule has 8 heteroatoms. The van der Waals surface area contributed by atoms with Crippen molar-refractivity contribution in [1.82, 2.24) is 15.5 Å². The lowest BCUT2D eigenvalue weighted by Gasteiger charge is -2.45. The fourth-order valence-electron chi connectivity index (χ4n) is 5.09. The molecule has 2 aromatic rings. The van der Waals surface area contributed by atoms with Gasteiger partial charge in [-0.2, -0.15) is 0 Å². The second-order valence-electron chi connectivity index (χ2n) is 12.8. The molecular weight excluding hydrogens is 530 g/mol. The van der Waals surface area contributed by atoms with Gasteiger partial charge in [-0.15, -0.1) is 0 Å². The molecule has 3 amide bonds. The minimum absolute atomic E-state index is 0.0799. The second kappa shape index (κ2) is 14.6. The Morgan fingerprint density at radius 1 is 0.929 bits per heavy atom. The van der Waals surface area contributed by atoms with Crippen LogP contribution in [-0.2, 0) is 20.7 Å². The highest BCUT2D eigenvalue weighted by Crippen LogP contribution is 2.35. The van der Waals surface area contributed by atoms with Crippen LogP contribution in [0, 0.1) is 13.8 Å². The molecular formula is C34H51N3O5. The Morgan fingerprint density at radius 3 is 2.00 bits per heavy atom. The molecule has 0 radical (unpaired) electrons. The van der Waals surface area contributed by atoms with Crippen LogP contribution in [0.15, 0.2) is 42.5 Å². The number of nitrogens with zero attached hydrogens (tertiary/aromatic N) is 1. The predicted molar refractivity (Wildman–Crippen MR) is 167 cm³/mol. The van der Waals surface area contributed by atoms with E-state index in [4.69, 9.17) is 4.74 Å². The Kier molecular flexibility index (Phi) is 12.0. The Labute approximate surface area is 252 Å². The lowest BCUT2D eigenvalue weighted by molar-refractivity contribution is -0.149. The van der Waals surface area contributed by atoms with E-state index in [2.05, 4.69) is 17.6 Å². The number of carbonyl (C=O) groups excluding carboxylic acids is 3. The van der Waals surface area contributed by atoms with Crippen molar-refractivity contribution in [3.05, 3.63) is 64.7 Å². The van der Waals surface area contributed by atoms with Gasteiger partial charge >= 0.3 is 6.09 Å². The lowest BCUT2D eigenvalue weighted by Crippen LogP contribution is -2.60. The van der Waals surface area contributed by atoms with E-state index in [1.54, 1.807) is 49.9 Å². The minimum atomic E-state index is -1.04. The van der Waals surface area contributed by atoms with Crippen LogP contribution in [0.2, 0.25) is 0 Å². The molecule has 2 rings (SSSR count). The first-order valence-electron chi connectivity index (χ1n) is 15.0. The number of hydrogen-bond acceptors (Lipinski definition) is 5. The van der Waals surface area contributed by atoms with Crippen LogP contribution < -0.4 is 10.6 Å². The molecule has 0 heterocycles. The molecule has 42 heavy (non-hydrogen) atoms. The summed E-state index contributed by atoms with van der Waals surface area (Å²) in [6, 6.07) is 10.3. The van der Waals surface area contributed by atoms with Crippen molar-refractivity contribution in [3.8, 4) is 5.75 Å². The summed E-state index contributed by atoms with van der Waals surface area (Å²) in [6.07, 6.45) is 1.70. The average Bonchev–Trinajstić information content (AvgIpc) is 2.87. The van der Waals surface area contributed by atoms with E-state index in [1.807, 2.05) is 59.7 Å². The van der Waals surface area contributed by atoms with E-state index < -0.39 is 35.2 Å². The van der Waals surface area contributed by atoms with Crippen LogP contribution in [0.25, 0.3) is 0 Å². The molecule has 0 aliphatic heterocycles. The number of aryl methyl sites for hydroxylation is 2. The summed E-state index contributed by atoms with van der Waals surface area (Å²) in [5, 5.41) is 15.8. The van der Waals surface area contributed by atoms with E-state index in [0.29, 0.717) is 6.42 Å². The van der Waals surface area contributed by atoms with Crippen LogP contribution in [0.1, 0.15) is 103 Å². The zero-order valence-electron chi connectivity index (χ0n) is 27.1. The number of benzene rings is 2. The summed E-state index contributed by atoms with van der Waals surface area (Å²) in [4.78, 5) is 43.7. The summed E-state index contributed by atoms with van der Waals surface area (Å²) in [7, 11) is 0. The highest BCUT2D eigenvalue weighted by atomic mass is 16.6. The third-order valence-corrected chi connectivity index (χ3v) is 7.55. The molecule has 3 atom stereocenters. The van der Waals surface area contributed by atoms with Gasteiger partial charge in [0.1, 0.15) is 23.4 Å². The highest BCUT2D eigenvalue weighted by molar-refractivity contribution is 5.93. The van der Waals surface area contributed by atoms with Crippen molar-refractivity contribution >= 4 is 17.9 Å². The predicted octanol–water partition coefficient (Wildman–Crippen LogP) is 6.51. The summed E-state index contributed by atoms with van der Waals surface area (Å²) in [6.45, 7) is 19.1. The maximum Gasteiger partial charge on any atom is 0.408 e. The zero-order chi connectivity index (χ0) is 31.8. The third-order valence-electron chi connectivity index (χ3n) is 7.55. The lowest BCUT2D eigenvalue weighted by atomic mass is 9.87. The first-order valence-corrected chi connectivity index (χ1v) is 15.0. The van der Waals surface area contributed by atoms with Crippen molar-refractivity contribution in [3.63, 3.8) is 0 Å². The number of alkyl carbamates (subject to hydrolysis) is 1. The number of rotatable bonds is 12. The Morgan fingerprint density at radius 2 is 1.50 bits per heavy atom. The van der Waals surface area contributed by atoms with Crippen molar-refractivity contribution in [2.45, 2.75) is 124 Å². The van der Waals surface area contributed by atoms with E-state index >= 15 is 0 Å². The van der Waals surface area contributed by atoms with E-state index in [-0.39, 0.29) is 24.1 Å². The van der Waals surface area contributed by atoms with E-state index in [0.717, 1.165) is 35.1 Å². The fraction of sp³-hybridized carbons (Fsp3) is 0.559. The Bertz CT molecular complexity index is 1200. The molecule has 2 aromatic carbocycles. The van der Waals surface area contributed by atoms with Gasteiger partial charge in [0.15, 0.2) is 0 Å². The minimum Gasteiger partial charge on any atom is -0.508 e. The largest absolute Gasteiger partial charge is 0.508 e. The number of phenols is 1. The SMILES string of the molecule is CCCC(C)NC(=O)C(c1c(C)cccc1C)N(C(=O)C(Cc1ccc(O)cc1)NC(=O)OC(C)(C)C)C(C)(C)CC. The molecule has 0 saturated carbocycles. The Hall–Kier alpha value is -3.55. The van der Waals surface area contributed by atoms with Gasteiger partial charge in [-0.3, -0.25) is 9.59 Å². The van der Waals surface area contributed by atoms with Gasteiger partial charge in [0.2, 0.25) is 11.8 Å². The number of ether oxygens (including phenoxy) is 1. The monoisotopic (exact) mass is 581 g/mol. The van der Waals surface area contributed by atoms with Gasteiger partial charge in [0, 0.05) is 18.0 Å². The van der Waals surface area contributed by atoms with Gasteiger partial charge in [0.05, 0.1) is 0 Å². The van der Waals surface area contributed by atoms with E-state index in [9.17, 15) is 19.5 Å². The number of amides is 3. The number of phenolic OH excluding ortho intramolecular Hbond substituents is 1. The molecule has 8 nitrogen and oxygen atoms in total. The van der Waals surface area contributed by atoms with Crippen LogP contribution in [0.5, 0.6) is 5.75 Å². The number of nitrogens with one attached hydrogen (secondary N) is 2. The number of aromatic hydroxyl groups is 1. The standard InChI is InChI=1S/C34H51N3O5/c1-11-14-24(5)35-30(39)29(28-22(3)15-13-16-23(28)4)37(34(9,10)12-2)31(40)27(36-32(41)42-33(6,7)8)21-25-17-19-26(38)20-18-25/h13,15-20,24,27,29,38H,11-12,14,21H2,1-10H3,(H,35,39)(H,36,41). The molecule has 0 spiro atoms. The zero-order valence-corrected chi connectivity index (χ0v) is 27.1. The Balaban J connectivity index is 2.73. The highest BCUT2D eigenvalue weighted by Gasteiger charge is 2.44. The van der Waals surface area contributed by atoms with Gasteiger partial charge < -0.3 is 25.4 Å². The van der Waals surface area contributed by atoms with E-state index in [1.165, 1.54) is 0 Å². The normalized spacial score (nSPS) is 14.0. The molecule has 3 unspecified atom stereocenters. The molecule has 0 aromatic heterocycles. The van der Waals surface area contributed by atoms with Gasteiger partial charge in [0.25, 0.3) is 0 Å². The van der Waals surface area contributed by atoms with Crippen molar-refractivity contribution in [1.29, 1.82) is 0 Å². The molecule has 0 bridgehead atoms. The third kappa shape index (κ3) is 9.50. The molecule has 0 aliphatic rings. The number of hydrogen-bond donors (Lipinski definition) is 3. The number of carbonyl (C=O) groups is 3. The summed E-state index contributed by atoms with van der Waals surface area (Å²) in [5.74, 6) is -0.556. The summed E-state index contributed by atoms with van der Waals surface area (Å²) >= 11 is 0. The summed E-state index contributed by atoms with van der Waals surface area (Å²) in [5.41, 5.74) is 1.78. The maximum absolute atomic E-state index is 14.8.